The van der Waals surface area contributed by atoms with Crippen LogP contribution in [0.5, 0.6) is 0 Å². The summed E-state index contributed by atoms with van der Waals surface area (Å²) in [5.41, 5.74) is 1.79. The smallest absolute Gasteiger partial charge is 0.319 e. The van der Waals surface area contributed by atoms with Crippen LogP contribution < -0.4 is 16.0 Å². The number of piperazine rings is 1. The normalized spacial score (nSPS) is 18.2. The van der Waals surface area contributed by atoms with Gasteiger partial charge >= 0.3 is 6.03 Å². The third-order valence-electron chi connectivity index (χ3n) is 3.50. The van der Waals surface area contributed by atoms with Crippen LogP contribution in [0.3, 0.4) is 0 Å². The summed E-state index contributed by atoms with van der Waals surface area (Å²) in [5, 5.41) is 8.55. The number of anilines is 1. The average molecular weight is 290 g/mol. The third-order valence-corrected chi connectivity index (χ3v) is 3.50. The molecule has 0 radical (unpaired) electrons. The van der Waals surface area contributed by atoms with Crippen molar-refractivity contribution in [2.75, 3.05) is 31.5 Å². The number of carbonyl (C=O) groups excluding carboxylic acids is 2. The van der Waals surface area contributed by atoms with E-state index < -0.39 is 0 Å². The van der Waals surface area contributed by atoms with Gasteiger partial charge in [0, 0.05) is 31.4 Å². The van der Waals surface area contributed by atoms with Gasteiger partial charge in [0.1, 0.15) is 0 Å². The van der Waals surface area contributed by atoms with Crippen LogP contribution in [0.2, 0.25) is 0 Å². The van der Waals surface area contributed by atoms with Crippen molar-refractivity contribution in [1.82, 2.24) is 15.5 Å². The van der Waals surface area contributed by atoms with Crippen LogP contribution in [0.25, 0.3) is 0 Å². The Labute approximate surface area is 124 Å². The van der Waals surface area contributed by atoms with Crippen LogP contribution >= 0.6 is 0 Å². The first kappa shape index (κ1) is 15.3. The highest BCUT2D eigenvalue weighted by molar-refractivity contribution is 5.92. The molecule has 3 amide bonds. The summed E-state index contributed by atoms with van der Waals surface area (Å²) in [6.45, 7) is 6.24. The second-order valence-corrected chi connectivity index (χ2v) is 5.32. The maximum Gasteiger partial charge on any atom is 0.319 e. The van der Waals surface area contributed by atoms with Gasteiger partial charge in [0.15, 0.2) is 0 Å². The van der Waals surface area contributed by atoms with Gasteiger partial charge in [0.2, 0.25) is 5.91 Å². The summed E-state index contributed by atoms with van der Waals surface area (Å²) in [6, 6.07) is 7.31. The average Bonchev–Trinajstić information content (AvgIpc) is 2.45. The number of benzene rings is 1. The van der Waals surface area contributed by atoms with E-state index in [4.69, 9.17) is 0 Å². The van der Waals surface area contributed by atoms with Gasteiger partial charge in [-0.3, -0.25) is 4.79 Å². The molecule has 3 N–H and O–H groups in total. The SMILES string of the molecule is Cc1cccc(NC(=O)NCC(=O)N2CCNC[C@@H]2C)c1. The van der Waals surface area contributed by atoms with Gasteiger partial charge in [-0.05, 0) is 31.5 Å². The highest BCUT2D eigenvalue weighted by atomic mass is 16.2. The van der Waals surface area contributed by atoms with Crippen molar-refractivity contribution in [3.8, 4) is 0 Å². The van der Waals surface area contributed by atoms with Crippen molar-refractivity contribution < 1.29 is 9.59 Å². The van der Waals surface area contributed by atoms with Crippen molar-refractivity contribution in [3.63, 3.8) is 0 Å². The third kappa shape index (κ3) is 4.46. The summed E-state index contributed by atoms with van der Waals surface area (Å²) >= 11 is 0. The van der Waals surface area contributed by atoms with Gasteiger partial charge in [-0.25, -0.2) is 4.79 Å². The molecule has 1 aliphatic heterocycles. The lowest BCUT2D eigenvalue weighted by Gasteiger charge is -2.34. The fourth-order valence-corrected chi connectivity index (χ4v) is 2.37. The maximum atomic E-state index is 12.1. The Morgan fingerprint density at radius 3 is 2.95 bits per heavy atom. The molecule has 1 saturated heterocycles. The standard InChI is InChI=1S/C15H22N4O2/c1-11-4-3-5-13(8-11)18-15(21)17-10-14(20)19-7-6-16-9-12(19)2/h3-5,8,12,16H,6-7,9-10H2,1-2H3,(H2,17,18,21)/t12-/m0/s1. The molecule has 0 saturated carbocycles. The van der Waals surface area contributed by atoms with Crippen LogP contribution in [-0.2, 0) is 4.79 Å². The molecule has 6 heteroatoms. The minimum absolute atomic E-state index is 0.0159. The summed E-state index contributed by atoms with van der Waals surface area (Å²) < 4.78 is 0. The van der Waals surface area contributed by atoms with Gasteiger partial charge in [-0.1, -0.05) is 12.1 Å². The molecular formula is C15H22N4O2. The van der Waals surface area contributed by atoms with E-state index in [9.17, 15) is 9.59 Å². The van der Waals surface area contributed by atoms with E-state index >= 15 is 0 Å². The number of hydrogen-bond acceptors (Lipinski definition) is 3. The van der Waals surface area contributed by atoms with E-state index in [1.807, 2.05) is 38.1 Å². The van der Waals surface area contributed by atoms with Crippen LogP contribution in [-0.4, -0.2) is 49.1 Å². The molecule has 1 heterocycles. The number of carbonyl (C=O) groups is 2. The summed E-state index contributed by atoms with van der Waals surface area (Å²) in [4.78, 5) is 25.7. The molecule has 0 aromatic heterocycles. The predicted octanol–water partition coefficient (Wildman–Crippen LogP) is 0.937. The van der Waals surface area contributed by atoms with E-state index in [2.05, 4.69) is 16.0 Å². The molecule has 1 aromatic rings. The lowest BCUT2D eigenvalue weighted by molar-refractivity contribution is -0.132. The molecule has 0 unspecified atom stereocenters. The number of rotatable bonds is 3. The summed E-state index contributed by atoms with van der Waals surface area (Å²) in [6.07, 6.45) is 0. The number of urea groups is 1. The fourth-order valence-electron chi connectivity index (χ4n) is 2.37. The molecule has 0 aliphatic carbocycles. The quantitative estimate of drug-likeness (QED) is 0.775. The highest BCUT2D eigenvalue weighted by Crippen LogP contribution is 2.09. The van der Waals surface area contributed by atoms with Crippen LogP contribution in [0.1, 0.15) is 12.5 Å². The summed E-state index contributed by atoms with van der Waals surface area (Å²) in [7, 11) is 0. The Kier molecular flexibility index (Phi) is 5.16. The topological polar surface area (TPSA) is 73.5 Å². The first-order chi connectivity index (χ1) is 10.1. The second kappa shape index (κ2) is 7.08. The van der Waals surface area contributed by atoms with Crippen molar-refractivity contribution >= 4 is 17.6 Å². The highest BCUT2D eigenvalue weighted by Gasteiger charge is 2.22. The van der Waals surface area contributed by atoms with E-state index in [1.165, 1.54) is 0 Å². The van der Waals surface area contributed by atoms with Crippen LogP contribution in [0, 0.1) is 6.92 Å². The molecule has 1 atom stereocenters. The lowest BCUT2D eigenvalue weighted by atomic mass is 10.2. The Balaban J connectivity index is 1.79. The van der Waals surface area contributed by atoms with Crippen LogP contribution in [0.15, 0.2) is 24.3 Å². The van der Waals surface area contributed by atoms with Gasteiger partial charge in [0.25, 0.3) is 0 Å². The van der Waals surface area contributed by atoms with Gasteiger partial charge in [-0.15, -0.1) is 0 Å². The Morgan fingerprint density at radius 1 is 1.43 bits per heavy atom. The Morgan fingerprint density at radius 2 is 2.24 bits per heavy atom. The zero-order chi connectivity index (χ0) is 15.2. The molecule has 1 fully saturated rings. The minimum atomic E-state index is -0.364. The van der Waals surface area contributed by atoms with Gasteiger partial charge < -0.3 is 20.9 Å². The molecular weight excluding hydrogens is 268 g/mol. The molecule has 1 aromatic carbocycles. The molecule has 114 valence electrons. The number of hydrogen-bond donors (Lipinski definition) is 3. The van der Waals surface area contributed by atoms with Gasteiger partial charge in [0.05, 0.1) is 6.54 Å². The zero-order valence-electron chi connectivity index (χ0n) is 12.5. The number of aryl methyl sites for hydroxylation is 1. The first-order valence-corrected chi connectivity index (χ1v) is 7.18. The monoisotopic (exact) mass is 290 g/mol. The molecule has 0 spiro atoms. The van der Waals surface area contributed by atoms with Crippen molar-refractivity contribution in [1.29, 1.82) is 0 Å². The lowest BCUT2D eigenvalue weighted by Crippen LogP contribution is -2.54. The molecule has 21 heavy (non-hydrogen) atoms. The first-order valence-electron chi connectivity index (χ1n) is 7.18. The molecule has 2 rings (SSSR count). The number of nitrogens with zero attached hydrogens (tertiary/aromatic N) is 1. The predicted molar refractivity (Wildman–Crippen MR) is 82.2 cm³/mol. The molecule has 0 bridgehead atoms. The molecule has 6 nitrogen and oxygen atoms in total. The van der Waals surface area contributed by atoms with E-state index in [1.54, 1.807) is 4.90 Å². The molecule has 1 aliphatic rings. The number of amides is 3. The van der Waals surface area contributed by atoms with E-state index in [-0.39, 0.29) is 24.5 Å². The fraction of sp³-hybridized carbons (Fsp3) is 0.467. The largest absolute Gasteiger partial charge is 0.336 e. The minimum Gasteiger partial charge on any atom is -0.336 e. The van der Waals surface area contributed by atoms with Crippen molar-refractivity contribution in [3.05, 3.63) is 29.8 Å². The van der Waals surface area contributed by atoms with Gasteiger partial charge in [-0.2, -0.15) is 0 Å². The Hall–Kier alpha value is -2.08. The maximum absolute atomic E-state index is 12.1. The van der Waals surface area contributed by atoms with E-state index in [0.717, 1.165) is 24.3 Å². The Bertz CT molecular complexity index is 518. The van der Waals surface area contributed by atoms with Crippen molar-refractivity contribution in [2.24, 2.45) is 0 Å². The number of nitrogens with one attached hydrogen (secondary N) is 3. The van der Waals surface area contributed by atoms with E-state index in [0.29, 0.717) is 6.54 Å². The summed E-state index contributed by atoms with van der Waals surface area (Å²) in [5.74, 6) is -0.0524. The second-order valence-electron chi connectivity index (χ2n) is 5.32. The van der Waals surface area contributed by atoms with Crippen molar-refractivity contribution in [2.45, 2.75) is 19.9 Å². The zero-order valence-corrected chi connectivity index (χ0v) is 12.5. The van der Waals surface area contributed by atoms with Crippen LogP contribution in [0.4, 0.5) is 10.5 Å².